The number of aromatic nitrogens is 4. The molecule has 1 aliphatic rings. The predicted octanol–water partition coefficient (Wildman–Crippen LogP) is 2.39. The van der Waals surface area contributed by atoms with Crippen LogP contribution in [-0.2, 0) is 19.3 Å². The van der Waals surface area contributed by atoms with E-state index in [1.807, 2.05) is 0 Å². The molecule has 6 nitrogen and oxygen atoms in total. The van der Waals surface area contributed by atoms with Gasteiger partial charge in [-0.3, -0.25) is 13.9 Å². The first-order chi connectivity index (χ1) is 12.3. The number of halogens is 3. The molecule has 9 heteroatoms. The number of hydrogen-bond acceptors (Lipinski definition) is 3. The summed E-state index contributed by atoms with van der Waals surface area (Å²) in [6, 6.07) is 4.61. The summed E-state index contributed by atoms with van der Waals surface area (Å²) in [6.45, 7) is 2.26. The Labute approximate surface area is 145 Å². The SMILES string of the molecule is CCn1c(=O)c2cnn3c2n(c1=O)CCC3c1cccc(C(F)(F)F)c1. The molecule has 0 N–H and O–H groups in total. The lowest BCUT2D eigenvalue weighted by Gasteiger charge is -2.26. The molecule has 26 heavy (non-hydrogen) atoms. The van der Waals surface area contributed by atoms with Gasteiger partial charge in [0.05, 0.1) is 17.8 Å². The zero-order valence-electron chi connectivity index (χ0n) is 13.8. The van der Waals surface area contributed by atoms with E-state index in [4.69, 9.17) is 0 Å². The summed E-state index contributed by atoms with van der Waals surface area (Å²) in [4.78, 5) is 25.0. The van der Waals surface area contributed by atoms with Gasteiger partial charge >= 0.3 is 11.9 Å². The van der Waals surface area contributed by atoms with E-state index in [1.165, 1.54) is 21.5 Å². The highest BCUT2D eigenvalue weighted by atomic mass is 19.4. The first-order valence-electron chi connectivity index (χ1n) is 8.21. The van der Waals surface area contributed by atoms with Crippen molar-refractivity contribution >= 4 is 11.0 Å². The first-order valence-corrected chi connectivity index (χ1v) is 8.21. The van der Waals surface area contributed by atoms with Gasteiger partial charge in [0, 0.05) is 13.1 Å². The van der Waals surface area contributed by atoms with Crippen LogP contribution < -0.4 is 11.2 Å². The lowest BCUT2D eigenvalue weighted by atomic mass is 10.00. The van der Waals surface area contributed by atoms with Crippen molar-refractivity contribution in [3.63, 3.8) is 0 Å². The quantitative estimate of drug-likeness (QED) is 0.702. The number of aryl methyl sites for hydroxylation is 1. The van der Waals surface area contributed by atoms with Crippen LogP contribution in [-0.4, -0.2) is 18.9 Å². The van der Waals surface area contributed by atoms with Crippen molar-refractivity contribution in [1.82, 2.24) is 18.9 Å². The van der Waals surface area contributed by atoms with Crippen LogP contribution in [0.1, 0.15) is 30.5 Å². The summed E-state index contributed by atoms with van der Waals surface area (Å²) in [5.74, 6) is 0. The van der Waals surface area contributed by atoms with Crippen molar-refractivity contribution in [2.24, 2.45) is 0 Å². The Hall–Kier alpha value is -2.84. The normalized spacial score (nSPS) is 17.0. The van der Waals surface area contributed by atoms with Crippen molar-refractivity contribution in [3.8, 4) is 0 Å². The van der Waals surface area contributed by atoms with Crippen molar-refractivity contribution < 1.29 is 13.2 Å². The average Bonchev–Trinajstić information content (AvgIpc) is 3.05. The van der Waals surface area contributed by atoms with E-state index in [-0.39, 0.29) is 6.54 Å². The maximum Gasteiger partial charge on any atom is 0.416 e. The van der Waals surface area contributed by atoms with E-state index in [0.717, 1.165) is 16.7 Å². The lowest BCUT2D eigenvalue weighted by Crippen LogP contribution is -2.42. The summed E-state index contributed by atoms with van der Waals surface area (Å²) >= 11 is 0. The fourth-order valence-electron chi connectivity index (χ4n) is 3.56. The van der Waals surface area contributed by atoms with Crippen LogP contribution in [0.2, 0.25) is 0 Å². The summed E-state index contributed by atoms with van der Waals surface area (Å²) < 4.78 is 43.2. The van der Waals surface area contributed by atoms with Crippen molar-refractivity contribution in [2.75, 3.05) is 0 Å². The maximum absolute atomic E-state index is 13.0. The Morgan fingerprint density at radius 3 is 2.73 bits per heavy atom. The van der Waals surface area contributed by atoms with Crippen LogP contribution in [0.4, 0.5) is 13.2 Å². The van der Waals surface area contributed by atoms with E-state index in [1.54, 1.807) is 13.0 Å². The van der Waals surface area contributed by atoms with Crippen LogP contribution in [0, 0.1) is 0 Å². The number of benzene rings is 1. The molecule has 1 unspecified atom stereocenters. The van der Waals surface area contributed by atoms with E-state index in [0.29, 0.717) is 29.6 Å². The minimum atomic E-state index is -4.44. The number of alkyl halides is 3. The van der Waals surface area contributed by atoms with Gasteiger partial charge in [0.25, 0.3) is 5.56 Å². The molecule has 0 amide bonds. The summed E-state index contributed by atoms with van der Waals surface area (Å²) in [5.41, 5.74) is -0.779. The Kier molecular flexibility index (Phi) is 3.57. The number of nitrogens with zero attached hydrogens (tertiary/aromatic N) is 4. The Morgan fingerprint density at radius 2 is 2.04 bits per heavy atom. The number of hydrogen-bond donors (Lipinski definition) is 0. The molecule has 0 saturated carbocycles. The summed E-state index contributed by atoms with van der Waals surface area (Å²) in [6.07, 6.45) is -2.65. The standard InChI is InChI=1S/C17H15F3N4O2/c1-2-22-15(25)12-9-21-24-13(6-7-23(14(12)24)16(22)26)10-4-3-5-11(8-10)17(18,19)20/h3-5,8-9,13H,2,6-7H2,1H3. The van der Waals surface area contributed by atoms with E-state index in [2.05, 4.69) is 5.10 Å². The van der Waals surface area contributed by atoms with Gasteiger partial charge in [0.2, 0.25) is 0 Å². The fourth-order valence-corrected chi connectivity index (χ4v) is 3.56. The van der Waals surface area contributed by atoms with Crippen LogP contribution >= 0.6 is 0 Å². The second-order valence-corrected chi connectivity index (χ2v) is 6.24. The zero-order valence-corrected chi connectivity index (χ0v) is 13.8. The minimum absolute atomic E-state index is 0.246. The molecule has 3 aromatic rings. The molecule has 136 valence electrons. The highest BCUT2D eigenvalue weighted by molar-refractivity contribution is 5.74. The summed E-state index contributed by atoms with van der Waals surface area (Å²) in [7, 11) is 0. The molecule has 4 rings (SSSR count). The predicted molar refractivity (Wildman–Crippen MR) is 88.1 cm³/mol. The molecule has 0 spiro atoms. The highest BCUT2D eigenvalue weighted by Crippen LogP contribution is 2.34. The van der Waals surface area contributed by atoms with Gasteiger partial charge in [-0.15, -0.1) is 0 Å². The van der Waals surface area contributed by atoms with Gasteiger partial charge in [-0.25, -0.2) is 9.48 Å². The monoisotopic (exact) mass is 364 g/mol. The first kappa shape index (κ1) is 16.6. The van der Waals surface area contributed by atoms with Crippen LogP contribution in [0.5, 0.6) is 0 Å². The third-order valence-corrected chi connectivity index (χ3v) is 4.80. The molecule has 0 radical (unpaired) electrons. The summed E-state index contributed by atoms with van der Waals surface area (Å²) in [5, 5.41) is 4.51. The lowest BCUT2D eigenvalue weighted by molar-refractivity contribution is -0.137. The van der Waals surface area contributed by atoms with Crippen molar-refractivity contribution in [1.29, 1.82) is 0 Å². The Morgan fingerprint density at radius 1 is 1.27 bits per heavy atom. The molecular weight excluding hydrogens is 349 g/mol. The maximum atomic E-state index is 13.0. The van der Waals surface area contributed by atoms with Gasteiger partial charge in [0.15, 0.2) is 0 Å². The van der Waals surface area contributed by atoms with Crippen LogP contribution in [0.3, 0.4) is 0 Å². The van der Waals surface area contributed by atoms with E-state index in [9.17, 15) is 22.8 Å². The topological polar surface area (TPSA) is 61.8 Å². The Balaban J connectivity index is 1.93. The molecule has 0 fully saturated rings. The Bertz CT molecular complexity index is 1120. The van der Waals surface area contributed by atoms with Gasteiger partial charge in [0.1, 0.15) is 11.0 Å². The average molecular weight is 364 g/mol. The molecule has 3 heterocycles. The molecule has 0 aliphatic carbocycles. The van der Waals surface area contributed by atoms with Gasteiger partial charge in [-0.2, -0.15) is 18.3 Å². The second kappa shape index (κ2) is 5.58. The third-order valence-electron chi connectivity index (χ3n) is 4.80. The molecule has 1 aromatic carbocycles. The van der Waals surface area contributed by atoms with Crippen molar-refractivity contribution in [3.05, 3.63) is 62.4 Å². The molecule has 1 atom stereocenters. The van der Waals surface area contributed by atoms with E-state index >= 15 is 0 Å². The van der Waals surface area contributed by atoms with Gasteiger partial charge in [-0.1, -0.05) is 12.1 Å². The van der Waals surface area contributed by atoms with Gasteiger partial charge < -0.3 is 0 Å². The fraction of sp³-hybridized carbons (Fsp3) is 0.353. The third kappa shape index (κ3) is 2.30. The molecular formula is C17H15F3N4O2. The van der Waals surface area contributed by atoms with E-state index < -0.39 is 29.0 Å². The van der Waals surface area contributed by atoms with Gasteiger partial charge in [-0.05, 0) is 31.0 Å². The largest absolute Gasteiger partial charge is 0.416 e. The minimum Gasteiger partial charge on any atom is -0.277 e. The molecule has 0 bridgehead atoms. The van der Waals surface area contributed by atoms with Crippen LogP contribution in [0.15, 0.2) is 40.1 Å². The van der Waals surface area contributed by atoms with Crippen molar-refractivity contribution in [2.45, 2.75) is 38.7 Å². The second-order valence-electron chi connectivity index (χ2n) is 6.24. The molecule has 1 aliphatic heterocycles. The van der Waals surface area contributed by atoms with Crippen LogP contribution in [0.25, 0.3) is 11.0 Å². The zero-order chi connectivity index (χ0) is 18.6. The molecule has 0 saturated heterocycles. The molecule has 2 aromatic heterocycles. The number of rotatable bonds is 2. The highest BCUT2D eigenvalue weighted by Gasteiger charge is 2.32. The smallest absolute Gasteiger partial charge is 0.277 e.